The summed E-state index contributed by atoms with van der Waals surface area (Å²) in [5.41, 5.74) is 0.974. The highest BCUT2D eigenvalue weighted by Crippen LogP contribution is 2.54. The van der Waals surface area contributed by atoms with Gasteiger partial charge >= 0.3 is 0 Å². The molecule has 17 heavy (non-hydrogen) atoms. The lowest BCUT2D eigenvalue weighted by molar-refractivity contribution is 0.368. The molecule has 0 amide bonds. The van der Waals surface area contributed by atoms with E-state index in [1.54, 1.807) is 21.3 Å². The predicted molar refractivity (Wildman–Crippen MR) is 62.6 cm³/mol. The number of hydrogen-bond acceptors (Lipinski definition) is 4. The van der Waals surface area contributed by atoms with Crippen LogP contribution in [0.4, 0.5) is 0 Å². The van der Waals surface area contributed by atoms with Gasteiger partial charge in [-0.05, 0) is 6.42 Å². The molecule has 2 unspecified atom stereocenters. The summed E-state index contributed by atoms with van der Waals surface area (Å²) in [6.45, 7) is 0. The molecule has 90 valence electrons. The first-order chi connectivity index (χ1) is 8.24. The van der Waals surface area contributed by atoms with Gasteiger partial charge in [-0.1, -0.05) is 0 Å². The maximum absolute atomic E-state index is 8.91. The maximum atomic E-state index is 8.91. The van der Waals surface area contributed by atoms with Gasteiger partial charge in [0.25, 0.3) is 0 Å². The molecule has 0 bridgehead atoms. The molecule has 0 aromatic heterocycles. The highest BCUT2D eigenvalue weighted by molar-refractivity contribution is 5.55. The fourth-order valence-electron chi connectivity index (χ4n) is 2.05. The van der Waals surface area contributed by atoms with Gasteiger partial charge in [0.15, 0.2) is 0 Å². The van der Waals surface area contributed by atoms with Crippen LogP contribution in [-0.2, 0) is 0 Å². The zero-order valence-corrected chi connectivity index (χ0v) is 10.2. The lowest BCUT2D eigenvalue weighted by Gasteiger charge is -2.14. The van der Waals surface area contributed by atoms with E-state index in [1.807, 2.05) is 12.1 Å². The van der Waals surface area contributed by atoms with Crippen molar-refractivity contribution in [3.63, 3.8) is 0 Å². The van der Waals surface area contributed by atoms with Gasteiger partial charge in [-0.3, -0.25) is 0 Å². The van der Waals surface area contributed by atoms with E-state index in [2.05, 4.69) is 6.07 Å². The van der Waals surface area contributed by atoms with Crippen LogP contribution in [0.2, 0.25) is 0 Å². The van der Waals surface area contributed by atoms with E-state index in [-0.39, 0.29) is 11.8 Å². The molecule has 4 heteroatoms. The van der Waals surface area contributed by atoms with Gasteiger partial charge in [-0.15, -0.1) is 0 Å². The number of nitrogens with zero attached hydrogens (tertiary/aromatic N) is 1. The minimum atomic E-state index is 0.0752. The zero-order valence-electron chi connectivity index (χ0n) is 10.2. The summed E-state index contributed by atoms with van der Waals surface area (Å²) in [7, 11) is 4.83. The second kappa shape index (κ2) is 4.54. The molecule has 0 radical (unpaired) electrons. The van der Waals surface area contributed by atoms with Crippen molar-refractivity contribution in [2.75, 3.05) is 21.3 Å². The molecule has 0 heterocycles. The highest BCUT2D eigenvalue weighted by Gasteiger charge is 2.42. The van der Waals surface area contributed by atoms with Crippen LogP contribution in [0.25, 0.3) is 0 Å². The van der Waals surface area contributed by atoms with Gasteiger partial charge in [0.05, 0.1) is 33.3 Å². The Labute approximate surface area is 101 Å². The second-order valence-electron chi connectivity index (χ2n) is 4.02. The van der Waals surface area contributed by atoms with Crippen molar-refractivity contribution in [3.05, 3.63) is 17.7 Å². The quantitative estimate of drug-likeness (QED) is 0.801. The number of nitriles is 1. The highest BCUT2D eigenvalue weighted by atomic mass is 16.5. The molecule has 1 aromatic rings. The van der Waals surface area contributed by atoms with Crippen LogP contribution in [0.3, 0.4) is 0 Å². The van der Waals surface area contributed by atoms with Crippen molar-refractivity contribution in [3.8, 4) is 23.3 Å². The first kappa shape index (κ1) is 11.6. The largest absolute Gasteiger partial charge is 0.496 e. The molecule has 1 aromatic carbocycles. The summed E-state index contributed by atoms with van der Waals surface area (Å²) in [4.78, 5) is 0. The molecular weight excluding hydrogens is 218 g/mol. The molecule has 0 spiro atoms. The molecule has 4 nitrogen and oxygen atoms in total. The van der Waals surface area contributed by atoms with E-state index in [9.17, 15) is 0 Å². The molecule has 2 rings (SSSR count). The minimum Gasteiger partial charge on any atom is -0.496 e. The molecular formula is C13H15NO3. The number of rotatable bonds is 4. The Morgan fingerprint density at radius 2 is 1.71 bits per heavy atom. The predicted octanol–water partition coefficient (Wildman–Crippen LogP) is 2.34. The van der Waals surface area contributed by atoms with Crippen LogP contribution in [0, 0.1) is 17.2 Å². The Balaban J connectivity index is 2.45. The summed E-state index contributed by atoms with van der Waals surface area (Å²) in [6, 6.07) is 5.92. The van der Waals surface area contributed by atoms with Gasteiger partial charge in [0.2, 0.25) is 0 Å². The van der Waals surface area contributed by atoms with Gasteiger partial charge in [-0.25, -0.2) is 0 Å². The first-order valence-electron chi connectivity index (χ1n) is 5.44. The summed E-state index contributed by atoms with van der Waals surface area (Å²) in [5, 5.41) is 8.91. The Morgan fingerprint density at radius 1 is 1.12 bits per heavy atom. The molecule has 1 fully saturated rings. The van der Waals surface area contributed by atoms with Crippen LogP contribution in [0.1, 0.15) is 17.9 Å². The Morgan fingerprint density at radius 3 is 2.06 bits per heavy atom. The van der Waals surface area contributed by atoms with E-state index in [1.165, 1.54) is 0 Å². The summed E-state index contributed by atoms with van der Waals surface area (Å²) in [6.07, 6.45) is 0.871. The van der Waals surface area contributed by atoms with Crippen molar-refractivity contribution in [2.24, 2.45) is 5.92 Å². The van der Waals surface area contributed by atoms with Gasteiger partial charge in [0, 0.05) is 23.6 Å². The summed E-state index contributed by atoms with van der Waals surface area (Å²) >= 11 is 0. The van der Waals surface area contributed by atoms with Gasteiger partial charge in [-0.2, -0.15) is 5.26 Å². The van der Waals surface area contributed by atoms with E-state index in [0.29, 0.717) is 5.75 Å². The van der Waals surface area contributed by atoms with Crippen LogP contribution in [0.5, 0.6) is 17.2 Å². The normalized spacial score (nSPS) is 21.5. The van der Waals surface area contributed by atoms with Crippen LogP contribution in [0.15, 0.2) is 12.1 Å². The fourth-order valence-corrected chi connectivity index (χ4v) is 2.05. The van der Waals surface area contributed by atoms with E-state index < -0.39 is 0 Å². The number of methoxy groups -OCH3 is 3. The van der Waals surface area contributed by atoms with Crippen LogP contribution < -0.4 is 14.2 Å². The van der Waals surface area contributed by atoms with E-state index >= 15 is 0 Å². The fraction of sp³-hybridized carbons (Fsp3) is 0.462. The topological polar surface area (TPSA) is 51.5 Å². The third-order valence-corrected chi connectivity index (χ3v) is 3.08. The van der Waals surface area contributed by atoms with Crippen molar-refractivity contribution in [1.82, 2.24) is 0 Å². The van der Waals surface area contributed by atoms with Gasteiger partial charge < -0.3 is 14.2 Å². The minimum absolute atomic E-state index is 0.0752. The zero-order chi connectivity index (χ0) is 12.4. The average Bonchev–Trinajstić information content (AvgIpc) is 3.15. The Hall–Kier alpha value is -1.89. The Bertz CT molecular complexity index is 439. The van der Waals surface area contributed by atoms with E-state index in [4.69, 9.17) is 19.5 Å². The molecule has 1 saturated carbocycles. The van der Waals surface area contributed by atoms with Crippen molar-refractivity contribution in [1.29, 1.82) is 5.26 Å². The van der Waals surface area contributed by atoms with Crippen molar-refractivity contribution < 1.29 is 14.2 Å². The Kier molecular flexibility index (Phi) is 3.10. The summed E-state index contributed by atoms with van der Waals surface area (Å²) in [5.74, 6) is 2.44. The molecule has 0 N–H and O–H groups in total. The maximum Gasteiger partial charge on any atom is 0.129 e. The SMILES string of the molecule is COc1cc(OC)c(C2CC2C#N)c(OC)c1. The van der Waals surface area contributed by atoms with Crippen molar-refractivity contribution >= 4 is 0 Å². The number of benzene rings is 1. The summed E-state index contributed by atoms with van der Waals surface area (Å²) < 4.78 is 15.9. The first-order valence-corrected chi connectivity index (χ1v) is 5.44. The monoisotopic (exact) mass is 233 g/mol. The number of hydrogen-bond donors (Lipinski definition) is 0. The van der Waals surface area contributed by atoms with Crippen LogP contribution in [-0.4, -0.2) is 21.3 Å². The smallest absolute Gasteiger partial charge is 0.129 e. The third kappa shape index (κ3) is 2.01. The lowest BCUT2D eigenvalue weighted by atomic mass is 10.1. The standard InChI is InChI=1S/C13H15NO3/c1-15-9-5-11(16-2)13(12(6-9)17-3)10-4-8(10)7-14/h5-6,8,10H,4H2,1-3H3. The van der Waals surface area contributed by atoms with Crippen molar-refractivity contribution in [2.45, 2.75) is 12.3 Å². The molecule has 0 aliphatic heterocycles. The molecule has 1 aliphatic rings. The molecule has 1 aliphatic carbocycles. The van der Waals surface area contributed by atoms with Crippen LogP contribution >= 0.6 is 0 Å². The third-order valence-electron chi connectivity index (χ3n) is 3.08. The van der Waals surface area contributed by atoms with Gasteiger partial charge in [0.1, 0.15) is 17.2 Å². The lowest BCUT2D eigenvalue weighted by Crippen LogP contribution is -1.97. The molecule has 0 saturated heterocycles. The second-order valence-corrected chi connectivity index (χ2v) is 4.02. The number of ether oxygens (including phenoxy) is 3. The molecule has 2 atom stereocenters. The average molecular weight is 233 g/mol. The van der Waals surface area contributed by atoms with E-state index in [0.717, 1.165) is 23.5 Å².